The van der Waals surface area contributed by atoms with Crippen LogP contribution < -0.4 is 9.08 Å². The topological polar surface area (TPSA) is 79.3 Å². The fourth-order valence-corrected chi connectivity index (χ4v) is 6.02. The molecule has 7 nitrogen and oxygen atoms in total. The van der Waals surface area contributed by atoms with Crippen LogP contribution in [0.4, 0.5) is 18.9 Å². The van der Waals surface area contributed by atoms with Gasteiger partial charge in [-0.25, -0.2) is 0 Å². The molecule has 0 spiro atoms. The molecule has 1 amide bonds. The van der Waals surface area contributed by atoms with Crippen LogP contribution in [-0.4, -0.2) is 50.6 Å². The third-order valence-electron chi connectivity index (χ3n) is 6.11. The first-order chi connectivity index (χ1) is 18.6. The van der Waals surface area contributed by atoms with Crippen molar-refractivity contribution in [1.82, 2.24) is 4.90 Å². The molecule has 5 rings (SSSR count). The highest BCUT2D eigenvalue weighted by Crippen LogP contribution is 2.34. The smallest absolute Gasteiger partial charge is 0.379 e. The summed E-state index contributed by atoms with van der Waals surface area (Å²) in [5.74, 6) is -0.246. The van der Waals surface area contributed by atoms with E-state index in [-0.39, 0.29) is 16.6 Å². The van der Waals surface area contributed by atoms with E-state index in [0.717, 1.165) is 12.1 Å². The van der Waals surface area contributed by atoms with E-state index in [1.165, 1.54) is 42.1 Å². The molecule has 0 radical (unpaired) electrons. The Kier molecular flexibility index (Phi) is 7.41. The van der Waals surface area contributed by atoms with Gasteiger partial charge in [-0.15, -0.1) is 0 Å². The van der Waals surface area contributed by atoms with E-state index in [0.29, 0.717) is 47.5 Å². The van der Waals surface area contributed by atoms with Gasteiger partial charge in [0.2, 0.25) is 0 Å². The fraction of sp³-hybridized carbons (Fsp3) is 0.185. The number of piperazine rings is 1. The van der Waals surface area contributed by atoms with Crippen molar-refractivity contribution in [1.29, 1.82) is 0 Å². The van der Waals surface area contributed by atoms with Crippen molar-refractivity contribution < 1.29 is 30.6 Å². The second kappa shape index (κ2) is 10.8. The van der Waals surface area contributed by atoms with Gasteiger partial charge in [0.1, 0.15) is 10.6 Å². The molecule has 0 unspecified atom stereocenters. The van der Waals surface area contributed by atoms with E-state index in [1.54, 1.807) is 42.5 Å². The van der Waals surface area contributed by atoms with Gasteiger partial charge in [0, 0.05) is 31.9 Å². The molecule has 1 saturated heterocycles. The summed E-state index contributed by atoms with van der Waals surface area (Å²) in [4.78, 5) is 21.0. The predicted molar refractivity (Wildman–Crippen MR) is 144 cm³/mol. The summed E-state index contributed by atoms with van der Waals surface area (Å²) in [6, 6.07) is 19.4. The number of rotatable bonds is 5. The van der Waals surface area contributed by atoms with Gasteiger partial charge in [-0.1, -0.05) is 36.4 Å². The number of aliphatic imine (C=N–C) groups is 1. The van der Waals surface area contributed by atoms with Crippen molar-refractivity contribution in [3.63, 3.8) is 0 Å². The summed E-state index contributed by atoms with van der Waals surface area (Å²) in [5, 5.41) is 0.545. The van der Waals surface area contributed by atoms with Crippen LogP contribution in [0.25, 0.3) is 6.08 Å². The molecule has 3 aromatic carbocycles. The number of hydrogen-bond donors (Lipinski definition) is 0. The molecule has 2 aliphatic rings. The molecule has 0 aliphatic carbocycles. The lowest BCUT2D eigenvalue weighted by Gasteiger charge is -2.36. The summed E-state index contributed by atoms with van der Waals surface area (Å²) in [7, 11) is -3.96. The van der Waals surface area contributed by atoms with Gasteiger partial charge in [0.15, 0.2) is 5.17 Å². The van der Waals surface area contributed by atoms with Gasteiger partial charge in [-0.05, 0) is 65.9 Å². The van der Waals surface area contributed by atoms with E-state index in [4.69, 9.17) is 4.18 Å². The van der Waals surface area contributed by atoms with Crippen molar-refractivity contribution in [2.24, 2.45) is 4.99 Å². The third kappa shape index (κ3) is 6.28. The number of alkyl halides is 3. The largest absolute Gasteiger partial charge is 0.416 e. The Morgan fingerprint density at radius 2 is 1.54 bits per heavy atom. The maximum atomic E-state index is 13.1. The van der Waals surface area contributed by atoms with E-state index >= 15 is 0 Å². The summed E-state index contributed by atoms with van der Waals surface area (Å²) in [6.45, 7) is 1.98. The van der Waals surface area contributed by atoms with E-state index < -0.39 is 21.9 Å². The normalized spacial score (nSPS) is 17.5. The molecule has 0 bridgehead atoms. The lowest BCUT2D eigenvalue weighted by atomic mass is 10.1. The number of halogens is 3. The molecule has 12 heteroatoms. The lowest BCUT2D eigenvalue weighted by molar-refractivity contribution is -0.137. The Bertz CT molecular complexity index is 1530. The Hall–Kier alpha value is -3.77. The number of amidine groups is 1. The zero-order chi connectivity index (χ0) is 27.6. The van der Waals surface area contributed by atoms with Gasteiger partial charge in [0.05, 0.1) is 10.5 Å². The Morgan fingerprint density at radius 1 is 0.872 bits per heavy atom. The Morgan fingerprint density at radius 3 is 2.21 bits per heavy atom. The SMILES string of the molecule is O=C1N=C(N2CCN(c3cccc(C(F)(F)F)c3)CC2)S/C1=C/c1ccc(OS(=O)(=O)c2ccccc2)cc1. The third-order valence-corrected chi connectivity index (χ3v) is 8.42. The molecule has 0 N–H and O–H groups in total. The van der Waals surface area contributed by atoms with Crippen LogP contribution in [0.5, 0.6) is 5.75 Å². The number of benzene rings is 3. The Balaban J connectivity index is 1.19. The minimum absolute atomic E-state index is 0.0458. The average Bonchev–Trinajstić information content (AvgIpc) is 3.29. The highest BCUT2D eigenvalue weighted by atomic mass is 32.2. The van der Waals surface area contributed by atoms with E-state index in [2.05, 4.69) is 4.99 Å². The van der Waals surface area contributed by atoms with Gasteiger partial charge >= 0.3 is 16.3 Å². The fourth-order valence-electron chi connectivity index (χ4n) is 4.10. The monoisotopic (exact) mass is 573 g/mol. The van der Waals surface area contributed by atoms with Crippen LogP contribution in [0, 0.1) is 0 Å². The summed E-state index contributed by atoms with van der Waals surface area (Å²) in [6.07, 6.45) is -2.73. The molecule has 3 aromatic rings. The summed E-state index contributed by atoms with van der Waals surface area (Å²) < 4.78 is 69.2. The number of carbonyl (C=O) groups is 1. The van der Waals surface area contributed by atoms with Crippen LogP contribution in [0.3, 0.4) is 0 Å². The van der Waals surface area contributed by atoms with Crippen LogP contribution in [0.1, 0.15) is 11.1 Å². The number of anilines is 1. The molecule has 202 valence electrons. The van der Waals surface area contributed by atoms with Crippen LogP contribution in [0.15, 0.2) is 93.7 Å². The van der Waals surface area contributed by atoms with Crippen LogP contribution >= 0.6 is 11.8 Å². The first kappa shape index (κ1) is 26.8. The number of hydrogen-bond acceptors (Lipinski definition) is 7. The highest BCUT2D eigenvalue weighted by molar-refractivity contribution is 8.18. The second-order valence-corrected chi connectivity index (χ2v) is 11.3. The minimum atomic E-state index is -4.40. The molecule has 0 atom stereocenters. The maximum absolute atomic E-state index is 13.1. The quantitative estimate of drug-likeness (QED) is 0.304. The van der Waals surface area contributed by atoms with Crippen molar-refractivity contribution in [2.45, 2.75) is 11.1 Å². The first-order valence-electron chi connectivity index (χ1n) is 11.9. The first-order valence-corrected chi connectivity index (χ1v) is 14.1. The zero-order valence-electron chi connectivity index (χ0n) is 20.3. The lowest BCUT2D eigenvalue weighted by Crippen LogP contribution is -2.47. The number of thioether (sulfide) groups is 1. The molecule has 2 aliphatic heterocycles. The number of nitrogens with zero attached hydrogens (tertiary/aromatic N) is 3. The summed E-state index contributed by atoms with van der Waals surface area (Å²) >= 11 is 1.23. The zero-order valence-corrected chi connectivity index (χ0v) is 22.0. The maximum Gasteiger partial charge on any atom is 0.416 e. The van der Waals surface area contributed by atoms with Crippen molar-refractivity contribution in [3.05, 3.63) is 94.9 Å². The van der Waals surface area contributed by atoms with Gasteiger partial charge in [0.25, 0.3) is 5.91 Å². The number of amides is 1. The molecule has 1 fully saturated rings. The minimum Gasteiger partial charge on any atom is -0.379 e. The van der Waals surface area contributed by atoms with Crippen molar-refractivity contribution >= 4 is 44.7 Å². The molecular weight excluding hydrogens is 551 g/mol. The number of carbonyl (C=O) groups excluding carboxylic acids is 1. The van der Waals surface area contributed by atoms with Crippen LogP contribution in [0.2, 0.25) is 0 Å². The van der Waals surface area contributed by atoms with Crippen LogP contribution in [-0.2, 0) is 21.1 Å². The van der Waals surface area contributed by atoms with E-state index in [9.17, 15) is 26.4 Å². The second-order valence-electron chi connectivity index (χ2n) is 8.75. The van der Waals surface area contributed by atoms with Gasteiger partial charge in [-0.2, -0.15) is 26.6 Å². The Labute approximate surface area is 227 Å². The summed E-state index contributed by atoms with van der Waals surface area (Å²) in [5.41, 5.74) is 0.489. The van der Waals surface area contributed by atoms with Crippen molar-refractivity contribution in [2.75, 3.05) is 31.1 Å². The molecule has 2 heterocycles. The van der Waals surface area contributed by atoms with E-state index in [1.807, 2.05) is 9.80 Å². The molecule has 39 heavy (non-hydrogen) atoms. The average molecular weight is 574 g/mol. The van der Waals surface area contributed by atoms with Gasteiger partial charge < -0.3 is 14.0 Å². The predicted octanol–water partition coefficient (Wildman–Crippen LogP) is 5.27. The highest BCUT2D eigenvalue weighted by Gasteiger charge is 2.32. The van der Waals surface area contributed by atoms with Crippen molar-refractivity contribution in [3.8, 4) is 5.75 Å². The van der Waals surface area contributed by atoms with Gasteiger partial charge in [-0.3, -0.25) is 4.79 Å². The standard InChI is InChI=1S/C27H22F3N3O4S2/c28-27(29,30)20-5-4-6-21(18-20)32-13-15-33(16-14-32)26-31-25(34)24(38-26)17-19-9-11-22(12-10-19)37-39(35,36)23-7-2-1-3-8-23/h1-12,17-18H,13-16H2/b24-17+. The molecule has 0 aromatic heterocycles. The molecule has 0 saturated carbocycles. The molecular formula is C27H22F3N3O4S2.